The van der Waals surface area contributed by atoms with E-state index in [0.29, 0.717) is 19.0 Å². The second-order valence-electron chi connectivity index (χ2n) is 4.31. The molecule has 1 aliphatic heterocycles. The van der Waals surface area contributed by atoms with E-state index < -0.39 is 4.92 Å². The molecule has 1 N–H and O–H groups in total. The Morgan fingerprint density at radius 2 is 2.47 bits per heavy atom. The highest BCUT2D eigenvalue weighted by molar-refractivity contribution is 5.49. The number of ether oxygens (including phenoxy) is 2. The van der Waals surface area contributed by atoms with Gasteiger partial charge >= 0.3 is 5.69 Å². The van der Waals surface area contributed by atoms with Crippen LogP contribution in [0.25, 0.3) is 0 Å². The molecular weight excluding hydrogens is 250 g/mol. The largest absolute Gasteiger partial charge is 0.467 e. The molecule has 0 saturated carbocycles. The van der Waals surface area contributed by atoms with E-state index in [9.17, 15) is 10.1 Å². The van der Waals surface area contributed by atoms with Crippen molar-refractivity contribution in [3.8, 4) is 5.88 Å². The molecular formula is C12H17N3O4. The second kappa shape index (κ2) is 6.33. The molecule has 0 amide bonds. The van der Waals surface area contributed by atoms with Crippen LogP contribution in [-0.4, -0.2) is 35.8 Å². The number of nitro groups is 1. The van der Waals surface area contributed by atoms with Crippen molar-refractivity contribution in [2.75, 3.05) is 25.1 Å². The van der Waals surface area contributed by atoms with Gasteiger partial charge in [-0.25, -0.2) is 0 Å². The normalized spacial score (nSPS) is 18.3. The predicted molar refractivity (Wildman–Crippen MR) is 69.5 cm³/mol. The molecule has 1 aliphatic rings. The smallest absolute Gasteiger partial charge is 0.331 e. The van der Waals surface area contributed by atoms with Crippen LogP contribution in [0.4, 0.5) is 11.5 Å². The van der Waals surface area contributed by atoms with Crippen molar-refractivity contribution in [2.24, 2.45) is 0 Å². The summed E-state index contributed by atoms with van der Waals surface area (Å²) in [6.45, 7) is 3.86. The van der Waals surface area contributed by atoms with Gasteiger partial charge in [-0.05, 0) is 12.5 Å². The third-order valence-corrected chi connectivity index (χ3v) is 2.76. The van der Waals surface area contributed by atoms with Gasteiger partial charge in [0, 0.05) is 19.0 Å². The highest BCUT2D eigenvalue weighted by Crippen LogP contribution is 2.28. The van der Waals surface area contributed by atoms with Gasteiger partial charge in [0.05, 0.1) is 18.1 Å². The molecule has 104 valence electrons. The third kappa shape index (κ3) is 3.54. The Labute approximate surface area is 111 Å². The van der Waals surface area contributed by atoms with Gasteiger partial charge in [-0.2, -0.15) is 4.98 Å². The fourth-order valence-corrected chi connectivity index (χ4v) is 1.77. The molecule has 0 aromatic carbocycles. The van der Waals surface area contributed by atoms with Crippen LogP contribution >= 0.6 is 0 Å². The topological polar surface area (TPSA) is 86.5 Å². The Balaban J connectivity index is 2.17. The van der Waals surface area contributed by atoms with E-state index in [1.54, 1.807) is 6.07 Å². The zero-order valence-electron chi connectivity index (χ0n) is 10.8. The molecule has 2 heterocycles. The van der Waals surface area contributed by atoms with Crippen molar-refractivity contribution in [2.45, 2.75) is 25.9 Å². The van der Waals surface area contributed by atoms with Crippen molar-refractivity contribution in [3.63, 3.8) is 0 Å². The number of pyridine rings is 1. The lowest BCUT2D eigenvalue weighted by atomic mass is 10.3. The highest BCUT2D eigenvalue weighted by Gasteiger charge is 2.24. The van der Waals surface area contributed by atoms with Gasteiger partial charge in [0.15, 0.2) is 0 Å². The Kier molecular flexibility index (Phi) is 4.51. The van der Waals surface area contributed by atoms with Gasteiger partial charge in [-0.15, -0.1) is 0 Å². The lowest BCUT2D eigenvalue weighted by molar-refractivity contribution is -0.386. The maximum atomic E-state index is 11.0. The lowest BCUT2D eigenvalue weighted by Crippen LogP contribution is -2.17. The summed E-state index contributed by atoms with van der Waals surface area (Å²) in [6.07, 6.45) is 1.52. The van der Waals surface area contributed by atoms with Gasteiger partial charge in [0.1, 0.15) is 11.9 Å². The van der Waals surface area contributed by atoms with Crippen LogP contribution in [0, 0.1) is 10.1 Å². The zero-order valence-corrected chi connectivity index (χ0v) is 10.8. The number of aromatic nitrogens is 1. The number of hydrogen-bond donors (Lipinski definition) is 1. The molecule has 2 rings (SSSR count). The van der Waals surface area contributed by atoms with Crippen LogP contribution in [0.3, 0.4) is 0 Å². The zero-order chi connectivity index (χ0) is 13.7. The fourth-order valence-electron chi connectivity index (χ4n) is 1.77. The van der Waals surface area contributed by atoms with Crippen LogP contribution < -0.4 is 10.1 Å². The second-order valence-corrected chi connectivity index (χ2v) is 4.31. The summed E-state index contributed by atoms with van der Waals surface area (Å²) >= 11 is 0. The molecule has 7 heteroatoms. The first-order valence-corrected chi connectivity index (χ1v) is 6.34. The predicted octanol–water partition coefficient (Wildman–Crippen LogP) is 1.98. The van der Waals surface area contributed by atoms with Crippen molar-refractivity contribution >= 4 is 11.5 Å². The number of nitrogens with zero attached hydrogens (tertiary/aromatic N) is 2. The van der Waals surface area contributed by atoms with Gasteiger partial charge in [-0.1, -0.05) is 6.92 Å². The van der Waals surface area contributed by atoms with Crippen molar-refractivity contribution in [1.29, 1.82) is 0 Å². The lowest BCUT2D eigenvalue weighted by Gasteiger charge is -2.12. The minimum Gasteiger partial charge on any atom is -0.467 e. The van der Waals surface area contributed by atoms with Gasteiger partial charge in [-0.3, -0.25) is 10.1 Å². The number of hydrogen-bond acceptors (Lipinski definition) is 6. The molecule has 1 aromatic rings. The molecule has 1 aromatic heterocycles. The van der Waals surface area contributed by atoms with Gasteiger partial charge < -0.3 is 14.8 Å². The summed E-state index contributed by atoms with van der Waals surface area (Å²) < 4.78 is 10.8. The molecule has 1 fully saturated rings. The average molecular weight is 267 g/mol. The first-order valence-electron chi connectivity index (χ1n) is 6.34. The van der Waals surface area contributed by atoms with Crippen molar-refractivity contribution in [1.82, 2.24) is 4.98 Å². The van der Waals surface area contributed by atoms with E-state index in [-0.39, 0.29) is 17.7 Å². The summed E-state index contributed by atoms with van der Waals surface area (Å²) in [4.78, 5) is 14.6. The molecule has 1 unspecified atom stereocenters. The van der Waals surface area contributed by atoms with Crippen LogP contribution in [0.2, 0.25) is 0 Å². The SMILES string of the molecule is CCCNc1ccc([N+](=O)[O-])c(OC2CCOC2)n1. The quantitative estimate of drug-likeness (QED) is 0.626. The van der Waals surface area contributed by atoms with Gasteiger partial charge in [0.25, 0.3) is 5.88 Å². The summed E-state index contributed by atoms with van der Waals surface area (Å²) in [7, 11) is 0. The van der Waals surface area contributed by atoms with E-state index in [2.05, 4.69) is 10.3 Å². The standard InChI is InChI=1S/C12H17N3O4/c1-2-6-13-11-4-3-10(15(16)17)12(14-11)19-9-5-7-18-8-9/h3-4,9H,2,5-8H2,1H3,(H,13,14). The molecule has 7 nitrogen and oxygen atoms in total. The van der Waals surface area contributed by atoms with Crippen LogP contribution in [0.5, 0.6) is 5.88 Å². The highest BCUT2D eigenvalue weighted by atomic mass is 16.6. The summed E-state index contributed by atoms with van der Waals surface area (Å²) in [5, 5.41) is 14.0. The minimum atomic E-state index is -0.484. The minimum absolute atomic E-state index is 0.0570. The summed E-state index contributed by atoms with van der Waals surface area (Å²) in [5.74, 6) is 0.642. The maximum absolute atomic E-state index is 11.0. The Morgan fingerprint density at radius 3 is 3.11 bits per heavy atom. The van der Waals surface area contributed by atoms with Crippen LogP contribution in [0.15, 0.2) is 12.1 Å². The first-order chi connectivity index (χ1) is 9.20. The summed E-state index contributed by atoms with van der Waals surface area (Å²) in [5.41, 5.74) is -0.117. The number of rotatable bonds is 6. The number of anilines is 1. The third-order valence-electron chi connectivity index (χ3n) is 2.76. The van der Waals surface area contributed by atoms with Crippen molar-refractivity contribution < 1.29 is 14.4 Å². The maximum Gasteiger partial charge on any atom is 0.331 e. The Morgan fingerprint density at radius 1 is 1.63 bits per heavy atom. The molecule has 0 spiro atoms. The van der Waals surface area contributed by atoms with E-state index in [4.69, 9.17) is 9.47 Å². The van der Waals surface area contributed by atoms with Crippen LogP contribution in [-0.2, 0) is 4.74 Å². The molecule has 19 heavy (non-hydrogen) atoms. The molecule has 1 saturated heterocycles. The van der Waals surface area contributed by atoms with Crippen molar-refractivity contribution in [3.05, 3.63) is 22.2 Å². The molecule has 0 bridgehead atoms. The van der Waals surface area contributed by atoms with E-state index >= 15 is 0 Å². The Bertz CT molecular complexity index is 447. The summed E-state index contributed by atoms with van der Waals surface area (Å²) in [6, 6.07) is 3.00. The van der Waals surface area contributed by atoms with E-state index in [1.807, 2.05) is 6.92 Å². The molecule has 1 atom stereocenters. The molecule has 0 radical (unpaired) electrons. The average Bonchev–Trinajstić information content (AvgIpc) is 2.89. The van der Waals surface area contributed by atoms with E-state index in [1.165, 1.54) is 6.07 Å². The van der Waals surface area contributed by atoms with Crippen LogP contribution in [0.1, 0.15) is 19.8 Å². The van der Waals surface area contributed by atoms with Gasteiger partial charge in [0.2, 0.25) is 0 Å². The first kappa shape index (κ1) is 13.5. The monoisotopic (exact) mass is 267 g/mol. The van der Waals surface area contributed by atoms with E-state index in [0.717, 1.165) is 19.4 Å². The molecule has 0 aliphatic carbocycles. The Hall–Kier alpha value is -1.89. The number of nitrogens with one attached hydrogen (secondary N) is 1. The fraction of sp³-hybridized carbons (Fsp3) is 0.583.